The van der Waals surface area contributed by atoms with Crippen molar-refractivity contribution in [1.29, 1.82) is 0 Å². The fourth-order valence-electron chi connectivity index (χ4n) is 2.57. The van der Waals surface area contributed by atoms with Crippen LogP contribution >= 0.6 is 11.6 Å². The van der Waals surface area contributed by atoms with Crippen LogP contribution in [0.5, 0.6) is 0 Å². The molecule has 96 valence electrons. The highest BCUT2D eigenvalue weighted by Crippen LogP contribution is 2.17. The van der Waals surface area contributed by atoms with Crippen LogP contribution in [0.15, 0.2) is 0 Å². The van der Waals surface area contributed by atoms with E-state index < -0.39 is 0 Å². The minimum atomic E-state index is 0.507. The van der Waals surface area contributed by atoms with Crippen molar-refractivity contribution < 1.29 is 4.74 Å². The molecule has 0 bridgehead atoms. The van der Waals surface area contributed by atoms with Crippen molar-refractivity contribution in [3.63, 3.8) is 0 Å². The van der Waals surface area contributed by atoms with Crippen molar-refractivity contribution in [2.75, 3.05) is 25.6 Å². The molecule has 1 atom stereocenters. The molecule has 0 aliphatic carbocycles. The van der Waals surface area contributed by atoms with Crippen LogP contribution in [0.2, 0.25) is 0 Å². The van der Waals surface area contributed by atoms with Gasteiger partial charge in [0.2, 0.25) is 0 Å². The van der Waals surface area contributed by atoms with Crippen molar-refractivity contribution >= 4 is 11.6 Å². The average Bonchev–Trinajstić information content (AvgIpc) is 2.80. The number of alkyl halides is 1. The van der Waals surface area contributed by atoms with Gasteiger partial charge in [0.1, 0.15) is 0 Å². The molecule has 16 heavy (non-hydrogen) atoms. The molecule has 0 N–H and O–H groups in total. The Kier molecular flexibility index (Phi) is 7.42. The fraction of sp³-hybridized carbons (Fsp3) is 1.00. The second-order valence-corrected chi connectivity index (χ2v) is 5.00. The molecular weight excluding hydrogens is 222 g/mol. The van der Waals surface area contributed by atoms with E-state index in [4.69, 9.17) is 16.3 Å². The second kappa shape index (κ2) is 8.32. The molecule has 0 radical (unpaired) electrons. The van der Waals surface area contributed by atoms with Crippen molar-refractivity contribution in [2.24, 2.45) is 0 Å². The zero-order valence-corrected chi connectivity index (χ0v) is 11.5. The molecule has 0 saturated carbocycles. The lowest BCUT2D eigenvalue weighted by Gasteiger charge is -2.30. The van der Waals surface area contributed by atoms with E-state index in [0.29, 0.717) is 12.1 Å². The number of hydrogen-bond donors (Lipinski definition) is 0. The minimum Gasteiger partial charge on any atom is -0.378 e. The van der Waals surface area contributed by atoms with Crippen LogP contribution in [0.4, 0.5) is 0 Å². The van der Waals surface area contributed by atoms with E-state index in [1.165, 1.54) is 32.1 Å². The Bertz CT molecular complexity index is 167. The third-order valence-electron chi connectivity index (χ3n) is 3.59. The highest BCUT2D eigenvalue weighted by molar-refractivity contribution is 6.18. The van der Waals surface area contributed by atoms with Crippen LogP contribution in [0.1, 0.15) is 46.0 Å². The molecule has 0 aromatic heterocycles. The highest BCUT2D eigenvalue weighted by atomic mass is 35.5. The lowest BCUT2D eigenvalue weighted by atomic mass is 10.1. The molecule has 1 heterocycles. The van der Waals surface area contributed by atoms with Gasteiger partial charge in [-0.15, -0.1) is 11.6 Å². The zero-order chi connectivity index (χ0) is 11.8. The van der Waals surface area contributed by atoms with Crippen LogP contribution in [0.25, 0.3) is 0 Å². The van der Waals surface area contributed by atoms with E-state index in [0.717, 1.165) is 25.6 Å². The Morgan fingerprint density at radius 2 is 2.06 bits per heavy atom. The molecule has 0 aromatic rings. The maximum absolute atomic E-state index is 5.88. The lowest BCUT2D eigenvalue weighted by Crippen LogP contribution is -2.38. The van der Waals surface area contributed by atoms with Gasteiger partial charge in [-0.2, -0.15) is 0 Å². The Morgan fingerprint density at radius 3 is 2.56 bits per heavy atom. The van der Waals surface area contributed by atoms with E-state index in [-0.39, 0.29) is 0 Å². The van der Waals surface area contributed by atoms with Gasteiger partial charge >= 0.3 is 0 Å². The largest absolute Gasteiger partial charge is 0.378 e. The third kappa shape index (κ3) is 4.60. The van der Waals surface area contributed by atoms with Gasteiger partial charge in [0, 0.05) is 31.6 Å². The summed E-state index contributed by atoms with van der Waals surface area (Å²) in [4.78, 5) is 2.54. The fourth-order valence-corrected chi connectivity index (χ4v) is 2.79. The maximum Gasteiger partial charge on any atom is 0.0588 e. The minimum absolute atomic E-state index is 0.507. The first-order chi connectivity index (χ1) is 7.81. The van der Waals surface area contributed by atoms with Crippen LogP contribution in [-0.2, 0) is 4.74 Å². The van der Waals surface area contributed by atoms with Crippen molar-refractivity contribution in [1.82, 2.24) is 4.90 Å². The molecule has 0 amide bonds. The SMILES string of the molecule is CCC(CC)N(CCCl)CCC1CCCO1. The molecule has 2 nitrogen and oxygen atoms in total. The van der Waals surface area contributed by atoms with Crippen molar-refractivity contribution in [3.8, 4) is 0 Å². The molecule has 0 aromatic carbocycles. The monoisotopic (exact) mass is 247 g/mol. The first-order valence-corrected chi connectivity index (χ1v) is 7.26. The first kappa shape index (κ1) is 14.3. The molecular formula is C13H26ClNO. The lowest BCUT2D eigenvalue weighted by molar-refractivity contribution is 0.0843. The molecule has 1 aliphatic heterocycles. The summed E-state index contributed by atoms with van der Waals surface area (Å²) in [5, 5.41) is 0. The highest BCUT2D eigenvalue weighted by Gasteiger charge is 2.19. The molecule has 1 rings (SSSR count). The van der Waals surface area contributed by atoms with Crippen LogP contribution in [0.3, 0.4) is 0 Å². The van der Waals surface area contributed by atoms with Gasteiger partial charge in [0.15, 0.2) is 0 Å². The smallest absolute Gasteiger partial charge is 0.0588 e. The topological polar surface area (TPSA) is 12.5 Å². The average molecular weight is 248 g/mol. The van der Waals surface area contributed by atoms with Gasteiger partial charge in [-0.3, -0.25) is 4.90 Å². The van der Waals surface area contributed by atoms with Gasteiger partial charge < -0.3 is 4.74 Å². The number of halogens is 1. The molecule has 1 fully saturated rings. The van der Waals surface area contributed by atoms with Crippen molar-refractivity contribution in [3.05, 3.63) is 0 Å². The number of rotatable bonds is 8. The quantitative estimate of drug-likeness (QED) is 0.611. The summed E-state index contributed by atoms with van der Waals surface area (Å²) < 4.78 is 5.67. The molecule has 0 spiro atoms. The van der Waals surface area contributed by atoms with E-state index in [1.807, 2.05) is 0 Å². The normalized spacial score (nSPS) is 21.2. The first-order valence-electron chi connectivity index (χ1n) is 6.73. The van der Waals surface area contributed by atoms with Crippen LogP contribution in [-0.4, -0.2) is 42.6 Å². The van der Waals surface area contributed by atoms with E-state index in [1.54, 1.807) is 0 Å². The maximum atomic E-state index is 5.88. The van der Waals surface area contributed by atoms with E-state index in [2.05, 4.69) is 18.7 Å². The summed E-state index contributed by atoms with van der Waals surface area (Å²) in [6.07, 6.45) is 6.61. The number of hydrogen-bond acceptors (Lipinski definition) is 2. The summed E-state index contributed by atoms with van der Waals surface area (Å²) in [6.45, 7) is 7.65. The van der Waals surface area contributed by atoms with Crippen LogP contribution < -0.4 is 0 Å². The number of ether oxygens (including phenoxy) is 1. The summed E-state index contributed by atoms with van der Waals surface area (Å²) in [6, 6.07) is 0.695. The summed E-state index contributed by atoms with van der Waals surface area (Å²) in [5.74, 6) is 0.738. The summed E-state index contributed by atoms with van der Waals surface area (Å²) >= 11 is 5.88. The Morgan fingerprint density at radius 1 is 1.31 bits per heavy atom. The predicted octanol–water partition coefficient (Wildman–Crippen LogP) is 3.28. The van der Waals surface area contributed by atoms with Gasteiger partial charge in [-0.1, -0.05) is 13.8 Å². The van der Waals surface area contributed by atoms with Crippen molar-refractivity contribution in [2.45, 2.75) is 58.1 Å². The Hall–Kier alpha value is 0.210. The standard InChI is InChI=1S/C13H26ClNO/c1-3-12(4-2)15(10-8-14)9-7-13-6-5-11-16-13/h12-13H,3-11H2,1-2H3. The second-order valence-electron chi connectivity index (χ2n) is 4.62. The van der Waals surface area contributed by atoms with Crippen LogP contribution in [0, 0.1) is 0 Å². The predicted molar refractivity (Wildman–Crippen MR) is 70.3 cm³/mol. The molecule has 1 aliphatic rings. The Labute approximate surface area is 105 Å². The van der Waals surface area contributed by atoms with Gasteiger partial charge in [-0.25, -0.2) is 0 Å². The van der Waals surface area contributed by atoms with Gasteiger partial charge in [0.25, 0.3) is 0 Å². The van der Waals surface area contributed by atoms with Gasteiger partial charge in [0.05, 0.1) is 6.10 Å². The molecule has 1 saturated heterocycles. The summed E-state index contributed by atoms with van der Waals surface area (Å²) in [7, 11) is 0. The number of nitrogens with zero attached hydrogens (tertiary/aromatic N) is 1. The third-order valence-corrected chi connectivity index (χ3v) is 3.76. The molecule has 1 unspecified atom stereocenters. The molecule has 3 heteroatoms. The summed E-state index contributed by atoms with van der Waals surface area (Å²) in [5.41, 5.74) is 0. The van der Waals surface area contributed by atoms with E-state index in [9.17, 15) is 0 Å². The van der Waals surface area contributed by atoms with E-state index >= 15 is 0 Å². The Balaban J connectivity index is 2.30. The zero-order valence-electron chi connectivity index (χ0n) is 10.8. The van der Waals surface area contributed by atoms with Gasteiger partial charge in [-0.05, 0) is 32.1 Å².